The van der Waals surface area contributed by atoms with Crippen LogP contribution in [0.4, 0.5) is 0 Å². The van der Waals surface area contributed by atoms with Crippen LogP contribution in [0.3, 0.4) is 0 Å². The summed E-state index contributed by atoms with van der Waals surface area (Å²) in [5.41, 5.74) is 7.48. The Kier molecular flexibility index (Phi) is 2.42. The third-order valence-electron chi connectivity index (χ3n) is 1.33. The fourth-order valence-corrected chi connectivity index (χ4v) is 0.765. The first kappa shape index (κ1) is 7.51. The Balaban J connectivity index is 2.91. The smallest absolute Gasteiger partial charge is 0.337 e. The Labute approximate surface area is 64.9 Å². The minimum absolute atomic E-state index is 0.812. The molecule has 1 aromatic rings. The van der Waals surface area contributed by atoms with E-state index in [1.165, 1.54) is 6.21 Å². The van der Waals surface area contributed by atoms with E-state index in [1.54, 1.807) is 7.11 Å². The molecule has 11 heavy (non-hydrogen) atoms. The summed E-state index contributed by atoms with van der Waals surface area (Å²) in [5.74, 6) is 0.812. The van der Waals surface area contributed by atoms with Crippen LogP contribution in [-0.2, 0) is 0 Å². The molecule has 0 fully saturated rings. The minimum Gasteiger partial charge on any atom is -0.497 e. The van der Waals surface area contributed by atoms with E-state index in [0.29, 0.717) is 0 Å². The number of methoxy groups -OCH3 is 1. The number of rotatable bonds is 2. The van der Waals surface area contributed by atoms with E-state index < -0.39 is 0 Å². The van der Waals surface area contributed by atoms with E-state index in [1.807, 2.05) is 24.3 Å². The zero-order valence-corrected chi connectivity index (χ0v) is 6.24. The molecule has 1 aromatic carbocycles. The second-order valence-corrected chi connectivity index (χ2v) is 2.03. The minimum atomic E-state index is 0.812. The molecule has 0 saturated heterocycles. The van der Waals surface area contributed by atoms with Crippen LogP contribution in [0, 0.1) is 5.53 Å². The topological polar surface area (TPSA) is 47.2 Å². The lowest BCUT2D eigenvalue weighted by molar-refractivity contribution is -0.111. The van der Waals surface area contributed by atoms with Gasteiger partial charge in [-0.1, -0.05) is 0 Å². The standard InChI is InChI=1S/C8H9N2O/c1-11-8-4-2-7(3-5-8)6-10-9/h2-6,9H,1H3/q+1. The van der Waals surface area contributed by atoms with Crippen LogP contribution in [0.1, 0.15) is 5.56 Å². The van der Waals surface area contributed by atoms with Gasteiger partial charge in [-0.05, 0) is 24.3 Å². The van der Waals surface area contributed by atoms with Crippen molar-refractivity contribution >= 4 is 6.21 Å². The average molecular weight is 149 g/mol. The molecule has 56 valence electrons. The van der Waals surface area contributed by atoms with Crippen LogP contribution in [0.15, 0.2) is 24.3 Å². The number of hydrogen-bond acceptors (Lipinski definition) is 2. The summed E-state index contributed by atoms with van der Waals surface area (Å²) in [6.07, 6.45) is 1.47. The van der Waals surface area contributed by atoms with Crippen molar-refractivity contribution in [3.63, 3.8) is 0 Å². The van der Waals surface area contributed by atoms with Crippen molar-refractivity contribution in [2.45, 2.75) is 0 Å². The molecule has 0 aliphatic carbocycles. The van der Waals surface area contributed by atoms with Gasteiger partial charge in [-0.25, -0.2) is 0 Å². The predicted octanol–water partition coefficient (Wildman–Crippen LogP) is 1.35. The van der Waals surface area contributed by atoms with E-state index >= 15 is 0 Å². The summed E-state index contributed by atoms with van der Waals surface area (Å²) in [4.78, 5) is 3.15. The molecule has 0 aliphatic rings. The lowest BCUT2D eigenvalue weighted by Gasteiger charge is -1.95. The monoisotopic (exact) mass is 149 g/mol. The Morgan fingerprint density at radius 3 is 2.45 bits per heavy atom. The van der Waals surface area contributed by atoms with Crippen molar-refractivity contribution in [3.05, 3.63) is 29.8 Å². The highest BCUT2D eigenvalue weighted by Crippen LogP contribution is 2.09. The molecule has 0 heterocycles. The lowest BCUT2D eigenvalue weighted by Crippen LogP contribution is -1.84. The summed E-state index contributed by atoms with van der Waals surface area (Å²) in [7, 11) is 1.62. The second-order valence-electron chi connectivity index (χ2n) is 2.03. The highest BCUT2D eigenvalue weighted by Gasteiger charge is 1.93. The third kappa shape index (κ3) is 1.92. The molecular formula is C8H9N2O+. The van der Waals surface area contributed by atoms with Gasteiger partial charge in [0, 0.05) is 4.79 Å². The van der Waals surface area contributed by atoms with Crippen LogP contribution in [0.2, 0.25) is 0 Å². The Hall–Kier alpha value is -1.60. The van der Waals surface area contributed by atoms with Gasteiger partial charge in [-0.3, -0.25) is 0 Å². The van der Waals surface area contributed by atoms with Crippen LogP contribution in [-0.4, -0.2) is 18.1 Å². The van der Waals surface area contributed by atoms with Crippen molar-refractivity contribution in [3.8, 4) is 5.75 Å². The number of hydrogen-bond donors (Lipinski definition) is 1. The molecule has 1 rings (SSSR count). The second kappa shape index (κ2) is 3.54. The van der Waals surface area contributed by atoms with E-state index in [4.69, 9.17) is 10.3 Å². The predicted molar refractivity (Wildman–Crippen MR) is 41.1 cm³/mol. The molecule has 0 radical (unpaired) electrons. The van der Waals surface area contributed by atoms with Crippen LogP contribution in [0.5, 0.6) is 5.75 Å². The molecule has 0 saturated carbocycles. The molecule has 0 bridgehead atoms. The third-order valence-corrected chi connectivity index (χ3v) is 1.33. The maximum Gasteiger partial charge on any atom is 0.337 e. The molecule has 3 nitrogen and oxygen atoms in total. The highest BCUT2D eigenvalue weighted by atomic mass is 16.5. The summed E-state index contributed by atoms with van der Waals surface area (Å²) < 4.78 is 4.96. The molecule has 0 spiro atoms. The molecule has 0 unspecified atom stereocenters. The molecule has 0 amide bonds. The molecular weight excluding hydrogens is 140 g/mol. The molecule has 3 heteroatoms. The largest absolute Gasteiger partial charge is 0.497 e. The zero-order chi connectivity index (χ0) is 8.10. The zero-order valence-electron chi connectivity index (χ0n) is 6.24. The SMILES string of the molecule is COc1ccc(C=[N+]=N)cc1. The van der Waals surface area contributed by atoms with Crippen LogP contribution >= 0.6 is 0 Å². The van der Waals surface area contributed by atoms with Crippen molar-refractivity contribution < 1.29 is 9.53 Å². The van der Waals surface area contributed by atoms with Crippen molar-refractivity contribution in [2.24, 2.45) is 0 Å². The Morgan fingerprint density at radius 1 is 1.36 bits per heavy atom. The van der Waals surface area contributed by atoms with E-state index in [9.17, 15) is 0 Å². The van der Waals surface area contributed by atoms with Gasteiger partial charge in [0.15, 0.2) is 0 Å². The van der Waals surface area contributed by atoms with Gasteiger partial charge < -0.3 is 4.74 Å². The first-order chi connectivity index (χ1) is 5.36. The van der Waals surface area contributed by atoms with Crippen molar-refractivity contribution in [2.75, 3.05) is 7.11 Å². The van der Waals surface area contributed by atoms with Gasteiger partial charge >= 0.3 is 6.21 Å². The summed E-state index contributed by atoms with van der Waals surface area (Å²) in [6.45, 7) is 0. The van der Waals surface area contributed by atoms with Gasteiger partial charge in [-0.2, -0.15) is 0 Å². The van der Waals surface area contributed by atoms with Gasteiger partial charge in [0.25, 0.3) is 0 Å². The lowest BCUT2D eigenvalue weighted by atomic mass is 10.2. The average Bonchev–Trinajstić information content (AvgIpc) is 2.07. The number of benzene rings is 1. The van der Waals surface area contributed by atoms with Crippen LogP contribution in [0.25, 0.3) is 0 Å². The Morgan fingerprint density at radius 2 is 2.00 bits per heavy atom. The van der Waals surface area contributed by atoms with E-state index in [0.717, 1.165) is 11.3 Å². The van der Waals surface area contributed by atoms with E-state index in [-0.39, 0.29) is 0 Å². The number of nitrogens with zero attached hydrogens (tertiary/aromatic N) is 1. The molecule has 1 N–H and O–H groups in total. The fourth-order valence-electron chi connectivity index (χ4n) is 0.765. The highest BCUT2D eigenvalue weighted by molar-refractivity contribution is 5.74. The number of ether oxygens (including phenoxy) is 1. The van der Waals surface area contributed by atoms with Crippen molar-refractivity contribution in [1.82, 2.24) is 0 Å². The maximum absolute atomic E-state index is 6.58. The first-order valence-electron chi connectivity index (χ1n) is 3.20. The van der Waals surface area contributed by atoms with Gasteiger partial charge in [0.05, 0.1) is 18.2 Å². The maximum atomic E-state index is 6.58. The quantitative estimate of drug-likeness (QED) is 0.385. The van der Waals surface area contributed by atoms with Gasteiger partial charge in [0.2, 0.25) is 0 Å². The van der Waals surface area contributed by atoms with Crippen molar-refractivity contribution in [1.29, 1.82) is 5.53 Å². The molecule has 0 aliphatic heterocycles. The summed E-state index contributed by atoms with van der Waals surface area (Å²) >= 11 is 0. The van der Waals surface area contributed by atoms with Gasteiger partial charge in [0.1, 0.15) is 5.75 Å². The Bertz CT molecular complexity index is 273. The number of nitrogens with one attached hydrogen (secondary N) is 1. The fraction of sp³-hybridized carbons (Fsp3) is 0.125. The summed E-state index contributed by atoms with van der Waals surface area (Å²) in [5, 5.41) is 0. The van der Waals surface area contributed by atoms with E-state index in [2.05, 4.69) is 4.79 Å². The normalized spacial score (nSPS) is 8.45. The molecule has 0 atom stereocenters. The van der Waals surface area contributed by atoms with Crippen LogP contribution < -0.4 is 4.74 Å². The first-order valence-corrected chi connectivity index (χ1v) is 3.20. The van der Waals surface area contributed by atoms with Gasteiger partial charge in [-0.15, -0.1) is 0 Å². The molecule has 0 aromatic heterocycles. The summed E-state index contributed by atoms with van der Waals surface area (Å²) in [6, 6.07) is 7.35.